The molecule has 1 unspecified atom stereocenters. The SMILES string of the molecule is NS(=O)(=O)C1CC(=O)N(c2nc(-c3ccc(Br)s3)cs2)C1. The van der Waals surface area contributed by atoms with E-state index in [0.29, 0.717) is 5.13 Å². The minimum atomic E-state index is -3.71. The van der Waals surface area contributed by atoms with Crippen LogP contribution in [0.5, 0.6) is 0 Å². The first-order valence-corrected chi connectivity index (χ1v) is 9.97. The van der Waals surface area contributed by atoms with Crippen LogP contribution in [0.4, 0.5) is 5.13 Å². The first-order valence-electron chi connectivity index (χ1n) is 5.88. The number of halogens is 1. The van der Waals surface area contributed by atoms with Crippen LogP contribution in [0, 0.1) is 0 Å². The molecule has 0 saturated carbocycles. The molecule has 1 fully saturated rings. The van der Waals surface area contributed by atoms with Crippen molar-refractivity contribution in [1.29, 1.82) is 0 Å². The Hall–Kier alpha value is -0.810. The molecule has 2 aromatic heterocycles. The van der Waals surface area contributed by atoms with Gasteiger partial charge in [-0.3, -0.25) is 9.69 Å². The van der Waals surface area contributed by atoms with Gasteiger partial charge >= 0.3 is 0 Å². The van der Waals surface area contributed by atoms with Crippen LogP contribution in [-0.4, -0.2) is 31.1 Å². The molecule has 1 amide bonds. The average molecular weight is 408 g/mol. The molecule has 1 saturated heterocycles. The first-order chi connectivity index (χ1) is 9.84. The van der Waals surface area contributed by atoms with E-state index in [2.05, 4.69) is 20.9 Å². The molecule has 1 aliphatic heterocycles. The van der Waals surface area contributed by atoms with Gasteiger partial charge in [0.2, 0.25) is 15.9 Å². The quantitative estimate of drug-likeness (QED) is 0.841. The van der Waals surface area contributed by atoms with Crippen LogP contribution < -0.4 is 10.0 Å². The maximum absolute atomic E-state index is 11.9. The highest BCUT2D eigenvalue weighted by Gasteiger charge is 2.38. The van der Waals surface area contributed by atoms with Gasteiger partial charge in [-0.2, -0.15) is 0 Å². The van der Waals surface area contributed by atoms with Gasteiger partial charge in [-0.05, 0) is 28.1 Å². The van der Waals surface area contributed by atoms with Crippen molar-refractivity contribution in [2.45, 2.75) is 11.7 Å². The highest BCUT2D eigenvalue weighted by Crippen LogP contribution is 2.35. The summed E-state index contributed by atoms with van der Waals surface area (Å²) in [5.74, 6) is -0.262. The minimum Gasteiger partial charge on any atom is -0.287 e. The lowest BCUT2D eigenvalue weighted by Gasteiger charge is -2.11. The summed E-state index contributed by atoms with van der Waals surface area (Å²) in [6, 6.07) is 3.86. The Morgan fingerprint density at radius 2 is 2.19 bits per heavy atom. The smallest absolute Gasteiger partial charge is 0.230 e. The summed E-state index contributed by atoms with van der Waals surface area (Å²) in [7, 11) is -3.71. The van der Waals surface area contributed by atoms with E-state index in [9.17, 15) is 13.2 Å². The van der Waals surface area contributed by atoms with Crippen LogP contribution in [0.25, 0.3) is 10.6 Å². The Bertz CT molecular complexity index is 798. The van der Waals surface area contributed by atoms with E-state index < -0.39 is 15.3 Å². The number of nitrogens with zero attached hydrogens (tertiary/aromatic N) is 2. The largest absolute Gasteiger partial charge is 0.287 e. The molecule has 0 bridgehead atoms. The summed E-state index contributed by atoms with van der Waals surface area (Å²) in [6.07, 6.45) is -0.0850. The number of sulfonamides is 1. The lowest BCUT2D eigenvalue weighted by atomic mass is 10.4. The van der Waals surface area contributed by atoms with Crippen LogP contribution in [0.3, 0.4) is 0 Å². The van der Waals surface area contributed by atoms with Crippen molar-refractivity contribution < 1.29 is 13.2 Å². The second-order valence-electron chi connectivity index (χ2n) is 4.54. The fraction of sp³-hybridized carbons (Fsp3) is 0.273. The molecule has 112 valence electrons. The van der Waals surface area contributed by atoms with Crippen molar-refractivity contribution >= 4 is 59.7 Å². The predicted octanol–water partition coefficient (Wildman–Crippen LogP) is 2.03. The molecule has 21 heavy (non-hydrogen) atoms. The molecule has 2 N–H and O–H groups in total. The number of carbonyl (C=O) groups excluding carboxylic acids is 1. The van der Waals surface area contributed by atoms with Gasteiger partial charge < -0.3 is 0 Å². The van der Waals surface area contributed by atoms with E-state index in [-0.39, 0.29) is 18.9 Å². The maximum Gasteiger partial charge on any atom is 0.230 e. The normalized spacial score (nSPS) is 19.4. The Morgan fingerprint density at radius 1 is 1.43 bits per heavy atom. The first kappa shape index (κ1) is 15.1. The van der Waals surface area contributed by atoms with E-state index in [4.69, 9.17) is 5.14 Å². The summed E-state index contributed by atoms with van der Waals surface area (Å²) in [6.45, 7) is 0.0682. The fourth-order valence-electron chi connectivity index (χ4n) is 2.03. The Balaban J connectivity index is 1.85. The number of thiazole rings is 1. The van der Waals surface area contributed by atoms with Gasteiger partial charge in [0, 0.05) is 18.3 Å². The van der Waals surface area contributed by atoms with Crippen LogP contribution in [-0.2, 0) is 14.8 Å². The van der Waals surface area contributed by atoms with Crippen LogP contribution in [0.2, 0.25) is 0 Å². The number of rotatable bonds is 3. The van der Waals surface area contributed by atoms with E-state index in [0.717, 1.165) is 14.4 Å². The van der Waals surface area contributed by atoms with E-state index in [1.807, 2.05) is 17.5 Å². The molecule has 0 radical (unpaired) electrons. The molecular formula is C11H10BrN3O3S3. The highest BCUT2D eigenvalue weighted by atomic mass is 79.9. The van der Waals surface area contributed by atoms with Gasteiger partial charge in [0.15, 0.2) is 5.13 Å². The standard InChI is InChI=1S/C11H10BrN3O3S3/c12-9-2-1-8(20-9)7-5-19-11(14-7)15-4-6(3-10(15)16)21(13,17)18/h1-2,5-6H,3-4H2,(H2,13,17,18). The van der Waals surface area contributed by atoms with Gasteiger partial charge in [0.1, 0.15) is 5.25 Å². The average Bonchev–Trinajstić information content (AvgIpc) is 3.06. The van der Waals surface area contributed by atoms with Crippen molar-refractivity contribution in [2.24, 2.45) is 5.14 Å². The molecule has 1 aliphatic rings. The summed E-state index contributed by atoms with van der Waals surface area (Å²) < 4.78 is 23.7. The van der Waals surface area contributed by atoms with Gasteiger partial charge in [-0.1, -0.05) is 0 Å². The fourth-order valence-corrected chi connectivity index (χ4v) is 5.04. The Kier molecular flexibility index (Phi) is 3.91. The summed E-state index contributed by atoms with van der Waals surface area (Å²) in [5.41, 5.74) is 0.776. The van der Waals surface area contributed by atoms with Gasteiger partial charge in [-0.15, -0.1) is 22.7 Å². The maximum atomic E-state index is 11.9. The van der Waals surface area contributed by atoms with Crippen molar-refractivity contribution in [1.82, 2.24) is 4.98 Å². The van der Waals surface area contributed by atoms with Crippen molar-refractivity contribution in [3.63, 3.8) is 0 Å². The molecule has 0 spiro atoms. The molecule has 3 rings (SSSR count). The van der Waals surface area contributed by atoms with E-state index in [1.54, 1.807) is 11.3 Å². The molecule has 0 aliphatic carbocycles. The molecule has 6 nitrogen and oxygen atoms in total. The van der Waals surface area contributed by atoms with E-state index >= 15 is 0 Å². The number of thiophene rings is 1. The number of hydrogen-bond acceptors (Lipinski definition) is 6. The zero-order valence-corrected chi connectivity index (χ0v) is 14.6. The Labute approximate surface area is 137 Å². The number of carbonyl (C=O) groups is 1. The van der Waals surface area contributed by atoms with Crippen molar-refractivity contribution in [3.05, 3.63) is 21.3 Å². The van der Waals surface area contributed by atoms with E-state index in [1.165, 1.54) is 16.2 Å². The second-order valence-corrected chi connectivity index (χ2v) is 9.68. The zero-order valence-electron chi connectivity index (χ0n) is 10.5. The second kappa shape index (κ2) is 5.43. The third kappa shape index (κ3) is 3.04. The molecule has 3 heterocycles. The third-order valence-electron chi connectivity index (χ3n) is 3.10. The third-order valence-corrected chi connectivity index (χ3v) is 6.86. The summed E-state index contributed by atoms with van der Waals surface area (Å²) in [4.78, 5) is 18.7. The number of anilines is 1. The molecule has 10 heteroatoms. The number of hydrogen-bond donors (Lipinski definition) is 1. The lowest BCUT2D eigenvalue weighted by molar-refractivity contribution is -0.117. The number of aromatic nitrogens is 1. The van der Waals surface area contributed by atoms with Gasteiger partial charge in [-0.25, -0.2) is 18.5 Å². The highest BCUT2D eigenvalue weighted by molar-refractivity contribution is 9.11. The van der Waals surface area contributed by atoms with Gasteiger partial charge in [0.25, 0.3) is 0 Å². The topological polar surface area (TPSA) is 93.4 Å². The van der Waals surface area contributed by atoms with Gasteiger partial charge in [0.05, 0.1) is 14.4 Å². The minimum absolute atomic E-state index is 0.0682. The lowest BCUT2D eigenvalue weighted by Crippen LogP contribution is -2.32. The molecule has 1 atom stereocenters. The predicted molar refractivity (Wildman–Crippen MR) is 87.0 cm³/mol. The number of nitrogens with two attached hydrogens (primary N) is 1. The monoisotopic (exact) mass is 407 g/mol. The summed E-state index contributed by atoms with van der Waals surface area (Å²) >= 11 is 6.25. The van der Waals surface area contributed by atoms with Crippen molar-refractivity contribution in [2.75, 3.05) is 11.4 Å². The molecular weight excluding hydrogens is 398 g/mol. The van der Waals surface area contributed by atoms with Crippen LogP contribution in [0.15, 0.2) is 21.3 Å². The Morgan fingerprint density at radius 3 is 2.76 bits per heavy atom. The number of amides is 1. The number of primary sulfonamides is 1. The van der Waals surface area contributed by atoms with Crippen LogP contribution in [0.1, 0.15) is 6.42 Å². The summed E-state index contributed by atoms with van der Waals surface area (Å²) in [5, 5.41) is 6.62. The van der Waals surface area contributed by atoms with Crippen molar-refractivity contribution in [3.8, 4) is 10.6 Å². The molecule has 0 aromatic carbocycles. The molecule has 2 aromatic rings. The zero-order chi connectivity index (χ0) is 15.2. The van der Waals surface area contributed by atoms with Crippen LogP contribution >= 0.6 is 38.6 Å².